The van der Waals surface area contributed by atoms with Gasteiger partial charge in [0.25, 0.3) is 0 Å². The number of benzene rings is 3. The van der Waals surface area contributed by atoms with Gasteiger partial charge in [-0.25, -0.2) is 8.42 Å². The Kier molecular flexibility index (Phi) is 7.24. The van der Waals surface area contributed by atoms with Crippen LogP contribution in [0.1, 0.15) is 42.4 Å². The van der Waals surface area contributed by atoms with E-state index in [1.165, 1.54) is 55.6 Å². The highest BCUT2D eigenvalue weighted by atomic mass is 32.2. The maximum absolute atomic E-state index is 13.2. The summed E-state index contributed by atoms with van der Waals surface area (Å²) in [6.07, 6.45) is 8.35. The van der Waals surface area contributed by atoms with Crippen molar-refractivity contribution in [1.82, 2.24) is 9.21 Å². The number of hydrogen-bond acceptors (Lipinski definition) is 4. The quantitative estimate of drug-likeness (QED) is 0.468. The van der Waals surface area contributed by atoms with E-state index in [0.717, 1.165) is 48.3 Å². The SMILES string of the molecule is O=S(=O)(CCc1cccc2ccccc12)N1CCN(c2ccc3c(c2)CCN(C2CCCC2)CC3)CC1. The average molecular weight is 518 g/mol. The summed E-state index contributed by atoms with van der Waals surface area (Å²) < 4.78 is 28.1. The molecule has 0 atom stereocenters. The molecule has 3 aliphatic rings. The number of fused-ring (bicyclic) bond motifs is 2. The van der Waals surface area contributed by atoms with Crippen LogP contribution in [-0.2, 0) is 29.3 Å². The van der Waals surface area contributed by atoms with Crippen molar-refractivity contribution >= 4 is 26.5 Å². The maximum atomic E-state index is 13.2. The average Bonchev–Trinajstić information content (AvgIpc) is 3.39. The lowest BCUT2D eigenvalue weighted by Crippen LogP contribution is -2.49. The molecular formula is C31H39N3O2S. The monoisotopic (exact) mass is 517 g/mol. The van der Waals surface area contributed by atoms with Crippen LogP contribution in [-0.4, -0.2) is 68.7 Å². The Balaban J connectivity index is 1.06. The Morgan fingerprint density at radius 3 is 2.30 bits per heavy atom. The van der Waals surface area contributed by atoms with Gasteiger partial charge < -0.3 is 4.90 Å². The number of aryl methyl sites for hydroxylation is 1. The number of piperazine rings is 1. The van der Waals surface area contributed by atoms with Crippen LogP contribution >= 0.6 is 0 Å². The van der Waals surface area contributed by atoms with Crippen LogP contribution in [0.15, 0.2) is 60.7 Å². The fraction of sp³-hybridized carbons (Fsp3) is 0.484. The van der Waals surface area contributed by atoms with Crippen LogP contribution in [0, 0.1) is 0 Å². The second-order valence-electron chi connectivity index (χ2n) is 11.0. The van der Waals surface area contributed by atoms with Crippen molar-refractivity contribution in [3.8, 4) is 0 Å². The molecule has 196 valence electrons. The molecule has 0 bridgehead atoms. The van der Waals surface area contributed by atoms with E-state index in [0.29, 0.717) is 19.5 Å². The molecule has 0 aromatic heterocycles. The van der Waals surface area contributed by atoms with Gasteiger partial charge in [-0.15, -0.1) is 0 Å². The maximum Gasteiger partial charge on any atom is 0.214 e. The van der Waals surface area contributed by atoms with Gasteiger partial charge in [0.2, 0.25) is 10.0 Å². The van der Waals surface area contributed by atoms with E-state index in [1.807, 2.05) is 18.2 Å². The predicted octanol–water partition coefficient (Wildman–Crippen LogP) is 4.88. The molecule has 5 nitrogen and oxygen atoms in total. The molecule has 0 spiro atoms. The number of rotatable bonds is 6. The molecule has 1 saturated carbocycles. The van der Waals surface area contributed by atoms with Crippen molar-refractivity contribution in [2.75, 3.05) is 49.9 Å². The van der Waals surface area contributed by atoms with E-state index < -0.39 is 10.0 Å². The summed E-state index contributed by atoms with van der Waals surface area (Å²) in [5, 5.41) is 2.32. The van der Waals surface area contributed by atoms with E-state index in [2.05, 4.69) is 52.3 Å². The number of nitrogens with zero attached hydrogens (tertiary/aromatic N) is 3. The van der Waals surface area contributed by atoms with Crippen molar-refractivity contribution in [3.63, 3.8) is 0 Å². The van der Waals surface area contributed by atoms with E-state index in [4.69, 9.17) is 0 Å². The summed E-state index contributed by atoms with van der Waals surface area (Å²) in [5.74, 6) is 0.164. The smallest absolute Gasteiger partial charge is 0.214 e. The van der Waals surface area contributed by atoms with E-state index in [9.17, 15) is 8.42 Å². The van der Waals surface area contributed by atoms with Gasteiger partial charge in [0, 0.05) is 51.0 Å². The van der Waals surface area contributed by atoms with Crippen LogP contribution in [0.5, 0.6) is 0 Å². The van der Waals surface area contributed by atoms with E-state index in [-0.39, 0.29) is 5.75 Å². The molecule has 0 amide bonds. The molecule has 0 unspecified atom stereocenters. The molecule has 2 heterocycles. The molecule has 3 aromatic rings. The van der Waals surface area contributed by atoms with Gasteiger partial charge in [0.15, 0.2) is 0 Å². The van der Waals surface area contributed by atoms with Crippen molar-refractivity contribution in [1.29, 1.82) is 0 Å². The summed E-state index contributed by atoms with van der Waals surface area (Å²) in [4.78, 5) is 5.10. The van der Waals surface area contributed by atoms with Gasteiger partial charge >= 0.3 is 0 Å². The number of sulfonamides is 1. The van der Waals surface area contributed by atoms with Crippen LogP contribution in [0.25, 0.3) is 10.8 Å². The van der Waals surface area contributed by atoms with Gasteiger partial charge in [-0.3, -0.25) is 4.90 Å². The highest BCUT2D eigenvalue weighted by Crippen LogP contribution is 2.29. The molecule has 3 aromatic carbocycles. The topological polar surface area (TPSA) is 43.9 Å². The Morgan fingerprint density at radius 2 is 1.49 bits per heavy atom. The zero-order chi connectivity index (χ0) is 25.2. The zero-order valence-corrected chi connectivity index (χ0v) is 22.6. The highest BCUT2D eigenvalue weighted by molar-refractivity contribution is 7.89. The molecule has 0 radical (unpaired) electrons. The fourth-order valence-corrected chi connectivity index (χ4v) is 8.12. The lowest BCUT2D eigenvalue weighted by Gasteiger charge is -2.35. The van der Waals surface area contributed by atoms with Gasteiger partial charge in [0.1, 0.15) is 0 Å². The standard InChI is InChI=1S/C31H39N3O2S/c35-37(36,23-16-27-8-5-7-26-6-1-4-11-31(26)27)34-21-19-33(20-22-34)30-13-12-25-14-17-32(18-15-28(25)24-30)29-9-2-3-10-29/h1,4-8,11-13,24,29H,2-3,9-10,14-23H2. The first-order valence-corrected chi connectivity index (χ1v) is 15.7. The lowest BCUT2D eigenvalue weighted by atomic mass is 10.0. The Morgan fingerprint density at radius 1 is 0.757 bits per heavy atom. The molecular weight excluding hydrogens is 478 g/mol. The molecule has 2 fully saturated rings. The minimum absolute atomic E-state index is 0.164. The second-order valence-corrected chi connectivity index (χ2v) is 13.1. The first kappa shape index (κ1) is 24.9. The molecule has 0 N–H and O–H groups in total. The Hall–Kier alpha value is -2.41. The van der Waals surface area contributed by atoms with E-state index in [1.54, 1.807) is 4.31 Å². The van der Waals surface area contributed by atoms with Crippen LogP contribution < -0.4 is 4.90 Å². The van der Waals surface area contributed by atoms with Crippen molar-refractivity contribution in [2.24, 2.45) is 0 Å². The van der Waals surface area contributed by atoms with Crippen LogP contribution in [0.3, 0.4) is 0 Å². The van der Waals surface area contributed by atoms with Gasteiger partial charge in [-0.05, 0) is 71.7 Å². The third-order valence-corrected chi connectivity index (χ3v) is 10.7. The van der Waals surface area contributed by atoms with Crippen molar-refractivity contribution in [3.05, 3.63) is 77.4 Å². The highest BCUT2D eigenvalue weighted by Gasteiger charge is 2.28. The van der Waals surface area contributed by atoms with Crippen molar-refractivity contribution in [2.45, 2.75) is 51.0 Å². The number of hydrogen-bond donors (Lipinski definition) is 0. The van der Waals surface area contributed by atoms with E-state index >= 15 is 0 Å². The Labute approximate surface area is 222 Å². The molecule has 37 heavy (non-hydrogen) atoms. The summed E-state index contributed by atoms with van der Waals surface area (Å²) in [6.45, 7) is 4.98. The third kappa shape index (κ3) is 5.43. The first-order valence-electron chi connectivity index (χ1n) is 14.1. The minimum atomic E-state index is -3.29. The van der Waals surface area contributed by atoms with Crippen LogP contribution in [0.2, 0.25) is 0 Å². The van der Waals surface area contributed by atoms with Gasteiger partial charge in [-0.1, -0.05) is 61.4 Å². The van der Waals surface area contributed by atoms with Crippen LogP contribution in [0.4, 0.5) is 5.69 Å². The number of anilines is 1. The van der Waals surface area contributed by atoms with Gasteiger partial charge in [0.05, 0.1) is 5.75 Å². The molecule has 6 rings (SSSR count). The predicted molar refractivity (Wildman–Crippen MR) is 153 cm³/mol. The lowest BCUT2D eigenvalue weighted by molar-refractivity contribution is 0.208. The first-order chi connectivity index (χ1) is 18.1. The molecule has 1 aliphatic carbocycles. The Bertz CT molecular complexity index is 1340. The molecule has 6 heteroatoms. The van der Waals surface area contributed by atoms with Gasteiger partial charge in [-0.2, -0.15) is 4.31 Å². The van der Waals surface area contributed by atoms with Crippen molar-refractivity contribution < 1.29 is 8.42 Å². The zero-order valence-electron chi connectivity index (χ0n) is 21.8. The fourth-order valence-electron chi connectivity index (χ4n) is 6.66. The summed E-state index contributed by atoms with van der Waals surface area (Å²) in [6, 6.07) is 22.2. The second kappa shape index (κ2) is 10.8. The largest absolute Gasteiger partial charge is 0.369 e. The molecule has 2 aliphatic heterocycles. The summed E-state index contributed by atoms with van der Waals surface area (Å²) in [7, 11) is -3.29. The minimum Gasteiger partial charge on any atom is -0.369 e. The summed E-state index contributed by atoms with van der Waals surface area (Å²) in [5.41, 5.74) is 5.35. The molecule has 1 saturated heterocycles. The normalized spacial score (nSPS) is 20.3. The third-order valence-electron chi connectivity index (χ3n) is 8.87. The summed E-state index contributed by atoms with van der Waals surface area (Å²) >= 11 is 0.